The molecule has 28 heavy (non-hydrogen) atoms. The summed E-state index contributed by atoms with van der Waals surface area (Å²) in [5.74, 6) is 1.75. The molecule has 0 bridgehead atoms. The van der Waals surface area contributed by atoms with Crippen LogP contribution < -0.4 is 4.74 Å². The van der Waals surface area contributed by atoms with Gasteiger partial charge in [0.15, 0.2) is 5.78 Å². The van der Waals surface area contributed by atoms with Crippen molar-refractivity contribution < 1.29 is 14.3 Å². The van der Waals surface area contributed by atoms with Crippen LogP contribution in [0.15, 0.2) is 30.0 Å². The maximum absolute atomic E-state index is 12.3. The Morgan fingerprint density at radius 2 is 2.18 bits per heavy atom. The first-order valence-electron chi connectivity index (χ1n) is 10.2. The fourth-order valence-corrected chi connectivity index (χ4v) is 5.31. The van der Waals surface area contributed by atoms with Crippen LogP contribution in [0.2, 0.25) is 0 Å². The van der Waals surface area contributed by atoms with Crippen molar-refractivity contribution in [3.8, 4) is 5.75 Å². The van der Waals surface area contributed by atoms with Crippen LogP contribution in [-0.4, -0.2) is 43.0 Å². The van der Waals surface area contributed by atoms with E-state index in [1.165, 1.54) is 16.6 Å². The summed E-state index contributed by atoms with van der Waals surface area (Å²) in [6.45, 7) is 5.96. The Hall–Kier alpha value is -2.27. The number of hydrogen-bond donors (Lipinski definition) is 1. The molecule has 1 aromatic carbocycles. The first-order chi connectivity index (χ1) is 13.6. The molecule has 5 heteroatoms. The number of fused-ring (bicyclic) bond motifs is 5. The fourth-order valence-electron chi connectivity index (χ4n) is 5.31. The third-order valence-corrected chi connectivity index (χ3v) is 6.66. The van der Waals surface area contributed by atoms with Crippen LogP contribution in [0.3, 0.4) is 0 Å². The van der Waals surface area contributed by atoms with E-state index in [1.807, 2.05) is 12.1 Å². The van der Waals surface area contributed by atoms with E-state index < -0.39 is 0 Å². The highest BCUT2D eigenvalue weighted by Crippen LogP contribution is 2.47. The lowest BCUT2D eigenvalue weighted by Crippen LogP contribution is -2.46. The Labute approximate surface area is 166 Å². The van der Waals surface area contributed by atoms with Gasteiger partial charge in [0, 0.05) is 35.3 Å². The highest BCUT2D eigenvalue weighted by molar-refractivity contribution is 5.93. The summed E-state index contributed by atoms with van der Waals surface area (Å²) in [5, 5.41) is 1.22. The van der Waals surface area contributed by atoms with Crippen molar-refractivity contribution in [2.24, 2.45) is 11.8 Å². The normalized spacial score (nSPS) is 25.3. The monoisotopic (exact) mass is 382 g/mol. The molecule has 1 fully saturated rings. The number of nitrogens with one attached hydrogen (secondary N) is 1. The molecule has 1 N–H and O–H groups in total. The van der Waals surface area contributed by atoms with Gasteiger partial charge in [-0.15, -0.1) is 0 Å². The number of aromatic nitrogens is 1. The maximum atomic E-state index is 12.3. The van der Waals surface area contributed by atoms with Crippen LogP contribution in [0.4, 0.5) is 0 Å². The standard InChI is InChI=1S/C23H30N2O3/c1-5-15-12-25-10-9-16-22-19(7-6-8-21(22)28-4)24-23(16)20(25)11-17(15)18(13-27-3)14(2)26/h6-8,13,15,17,20,24H,5,9-12H2,1-4H3/b18-13-/t15-,17-,20-/m0/s1. The van der Waals surface area contributed by atoms with Crippen molar-refractivity contribution in [1.29, 1.82) is 0 Å². The lowest BCUT2D eigenvalue weighted by molar-refractivity contribution is -0.114. The van der Waals surface area contributed by atoms with E-state index in [4.69, 9.17) is 9.47 Å². The molecular weight excluding hydrogens is 352 g/mol. The molecule has 0 radical (unpaired) electrons. The number of allylic oxidation sites excluding steroid dienone is 1. The number of rotatable bonds is 5. The topological polar surface area (TPSA) is 54.6 Å². The van der Waals surface area contributed by atoms with Gasteiger partial charge in [-0.3, -0.25) is 9.69 Å². The van der Waals surface area contributed by atoms with Crippen LogP contribution in [-0.2, 0) is 16.0 Å². The number of carbonyl (C=O) groups is 1. The number of methoxy groups -OCH3 is 2. The van der Waals surface area contributed by atoms with Gasteiger partial charge >= 0.3 is 0 Å². The number of carbonyl (C=O) groups excluding carboxylic acids is 1. The first kappa shape index (κ1) is 19.1. The van der Waals surface area contributed by atoms with Gasteiger partial charge in [-0.25, -0.2) is 0 Å². The Bertz CT molecular complexity index is 914. The summed E-state index contributed by atoms with van der Waals surface area (Å²) >= 11 is 0. The smallest absolute Gasteiger partial charge is 0.159 e. The quantitative estimate of drug-likeness (QED) is 0.621. The predicted molar refractivity (Wildman–Crippen MR) is 111 cm³/mol. The lowest BCUT2D eigenvalue weighted by atomic mass is 9.73. The van der Waals surface area contributed by atoms with Gasteiger partial charge < -0.3 is 14.5 Å². The third-order valence-electron chi connectivity index (χ3n) is 6.66. The summed E-state index contributed by atoms with van der Waals surface area (Å²) in [6.07, 6.45) is 4.70. The number of piperidine rings is 1. The third kappa shape index (κ3) is 3.02. The van der Waals surface area contributed by atoms with Gasteiger partial charge in [0.2, 0.25) is 0 Å². The predicted octanol–water partition coefficient (Wildman–Crippen LogP) is 4.24. The Kier molecular flexibility index (Phi) is 5.19. The van der Waals surface area contributed by atoms with Crippen molar-refractivity contribution in [2.45, 2.75) is 39.2 Å². The van der Waals surface area contributed by atoms with E-state index in [0.29, 0.717) is 12.0 Å². The van der Waals surface area contributed by atoms with Gasteiger partial charge in [-0.1, -0.05) is 19.4 Å². The first-order valence-corrected chi connectivity index (χ1v) is 10.2. The molecule has 2 aliphatic rings. The summed E-state index contributed by atoms with van der Waals surface area (Å²) < 4.78 is 10.9. The molecule has 1 saturated heterocycles. The van der Waals surface area contributed by atoms with Crippen molar-refractivity contribution in [1.82, 2.24) is 9.88 Å². The van der Waals surface area contributed by atoms with Crippen molar-refractivity contribution in [3.63, 3.8) is 0 Å². The molecule has 5 nitrogen and oxygen atoms in total. The number of benzene rings is 1. The number of nitrogens with zero attached hydrogens (tertiary/aromatic N) is 1. The van der Waals surface area contributed by atoms with Gasteiger partial charge in [-0.05, 0) is 49.3 Å². The van der Waals surface area contributed by atoms with E-state index >= 15 is 0 Å². The number of H-pyrrole nitrogens is 1. The second kappa shape index (κ2) is 7.63. The van der Waals surface area contributed by atoms with Gasteiger partial charge in [0.25, 0.3) is 0 Å². The molecule has 3 heterocycles. The fraction of sp³-hybridized carbons (Fsp3) is 0.522. The molecular formula is C23H30N2O3. The van der Waals surface area contributed by atoms with E-state index in [-0.39, 0.29) is 11.7 Å². The summed E-state index contributed by atoms with van der Waals surface area (Å²) in [7, 11) is 3.36. The van der Waals surface area contributed by atoms with Crippen LogP contribution >= 0.6 is 0 Å². The molecule has 0 saturated carbocycles. The average molecular weight is 383 g/mol. The van der Waals surface area contributed by atoms with Crippen LogP contribution in [0.5, 0.6) is 5.75 Å². The number of Topliss-reactive ketones (excluding diaryl/α,β-unsaturated/α-hetero) is 1. The van der Waals surface area contributed by atoms with Crippen molar-refractivity contribution in [3.05, 3.63) is 41.3 Å². The second-order valence-corrected chi connectivity index (χ2v) is 8.04. The molecule has 0 amide bonds. The zero-order valence-corrected chi connectivity index (χ0v) is 17.2. The van der Waals surface area contributed by atoms with Gasteiger partial charge in [-0.2, -0.15) is 0 Å². The maximum Gasteiger partial charge on any atom is 0.159 e. The molecule has 4 rings (SSSR count). The molecule has 2 aromatic rings. The van der Waals surface area contributed by atoms with Gasteiger partial charge in [0.1, 0.15) is 5.75 Å². The van der Waals surface area contributed by atoms with E-state index in [2.05, 4.69) is 22.9 Å². The number of ether oxygens (including phenoxy) is 2. The number of aromatic amines is 1. The molecule has 3 atom stereocenters. The summed E-state index contributed by atoms with van der Waals surface area (Å²) in [5.41, 5.74) is 4.64. The minimum absolute atomic E-state index is 0.119. The Balaban J connectivity index is 1.77. The highest BCUT2D eigenvalue weighted by Gasteiger charge is 2.41. The molecule has 0 aliphatic carbocycles. The zero-order valence-electron chi connectivity index (χ0n) is 17.2. The minimum Gasteiger partial charge on any atom is -0.504 e. The minimum atomic E-state index is 0.119. The summed E-state index contributed by atoms with van der Waals surface area (Å²) in [4.78, 5) is 18.6. The largest absolute Gasteiger partial charge is 0.504 e. The molecule has 0 unspecified atom stereocenters. The molecule has 0 spiro atoms. The summed E-state index contributed by atoms with van der Waals surface area (Å²) in [6, 6.07) is 6.50. The Morgan fingerprint density at radius 1 is 1.36 bits per heavy atom. The SMILES string of the molecule is CC[C@H]1CN2CCc3c([nH]c4cccc(OC)c34)[C@@H]2C[C@@H]1/C(=C\OC)C(C)=O. The van der Waals surface area contributed by atoms with Crippen molar-refractivity contribution >= 4 is 16.7 Å². The molecule has 1 aromatic heterocycles. The number of ketones is 1. The number of hydrogen-bond acceptors (Lipinski definition) is 4. The second-order valence-electron chi connectivity index (χ2n) is 8.04. The molecule has 150 valence electrons. The van der Waals surface area contributed by atoms with Crippen LogP contribution in [0, 0.1) is 11.8 Å². The van der Waals surface area contributed by atoms with Crippen LogP contribution in [0.1, 0.15) is 44.0 Å². The van der Waals surface area contributed by atoms with Crippen LogP contribution in [0.25, 0.3) is 10.9 Å². The highest BCUT2D eigenvalue weighted by atomic mass is 16.5. The van der Waals surface area contributed by atoms with Gasteiger partial charge in [0.05, 0.1) is 26.5 Å². The molecule has 2 aliphatic heterocycles. The van der Waals surface area contributed by atoms with E-state index in [9.17, 15) is 4.79 Å². The van der Waals surface area contributed by atoms with E-state index in [1.54, 1.807) is 27.4 Å². The zero-order chi connectivity index (χ0) is 19.8. The average Bonchev–Trinajstić information content (AvgIpc) is 3.10. The van der Waals surface area contributed by atoms with Crippen molar-refractivity contribution in [2.75, 3.05) is 27.3 Å². The Morgan fingerprint density at radius 3 is 2.86 bits per heavy atom. The van der Waals surface area contributed by atoms with E-state index in [0.717, 1.165) is 49.2 Å². The lowest BCUT2D eigenvalue weighted by Gasteiger charge is -2.46.